The number of nitrogens with one attached hydrogen (secondary N) is 1. The molecule has 5 nitrogen and oxygen atoms in total. The molecule has 23 heavy (non-hydrogen) atoms. The summed E-state index contributed by atoms with van der Waals surface area (Å²) in [5, 5.41) is 22.2. The largest absolute Gasteiger partial charge is 0.508 e. The van der Waals surface area contributed by atoms with Crippen LogP contribution in [-0.2, 0) is 0 Å². The highest BCUT2D eigenvalue weighted by atomic mass is 32.1. The van der Waals surface area contributed by atoms with Gasteiger partial charge in [0.15, 0.2) is 5.13 Å². The minimum absolute atomic E-state index is 0.213. The molecule has 2 aromatic carbocycles. The fourth-order valence-corrected chi connectivity index (χ4v) is 3.05. The maximum atomic E-state index is 11.0. The van der Waals surface area contributed by atoms with Crippen LogP contribution in [0.5, 0.6) is 5.75 Å². The number of aryl methyl sites for hydroxylation is 1. The van der Waals surface area contributed by atoms with E-state index in [1.54, 1.807) is 36.4 Å². The lowest BCUT2D eigenvalue weighted by Gasteiger charge is -2.03. The van der Waals surface area contributed by atoms with E-state index in [0.29, 0.717) is 10.8 Å². The molecule has 0 saturated heterocycles. The van der Waals surface area contributed by atoms with E-state index in [4.69, 9.17) is 5.11 Å². The van der Waals surface area contributed by atoms with Crippen LogP contribution in [0.3, 0.4) is 0 Å². The van der Waals surface area contributed by atoms with Crippen molar-refractivity contribution >= 4 is 28.1 Å². The lowest BCUT2D eigenvalue weighted by atomic mass is 10.1. The van der Waals surface area contributed by atoms with Gasteiger partial charge in [-0.2, -0.15) is 0 Å². The number of rotatable bonds is 4. The van der Waals surface area contributed by atoms with Crippen molar-refractivity contribution in [3.05, 3.63) is 59.0 Å². The van der Waals surface area contributed by atoms with Gasteiger partial charge in [-0.05, 0) is 49.4 Å². The highest BCUT2D eigenvalue weighted by molar-refractivity contribution is 7.16. The molecule has 0 aliphatic rings. The zero-order valence-electron chi connectivity index (χ0n) is 12.3. The summed E-state index contributed by atoms with van der Waals surface area (Å²) in [6.45, 7) is 1.97. The van der Waals surface area contributed by atoms with E-state index in [2.05, 4.69) is 10.3 Å². The fraction of sp³-hybridized carbons (Fsp3) is 0.0588. The molecule has 0 fully saturated rings. The van der Waals surface area contributed by atoms with Crippen molar-refractivity contribution in [2.45, 2.75) is 6.92 Å². The number of carboxylic acids is 1. The van der Waals surface area contributed by atoms with Gasteiger partial charge in [0.05, 0.1) is 11.3 Å². The van der Waals surface area contributed by atoms with Crippen LogP contribution in [0.15, 0.2) is 48.5 Å². The maximum Gasteiger partial charge on any atom is 0.335 e. The molecule has 3 aromatic rings. The summed E-state index contributed by atoms with van der Waals surface area (Å²) in [5.41, 5.74) is 2.66. The van der Waals surface area contributed by atoms with Crippen LogP contribution >= 0.6 is 11.3 Å². The van der Waals surface area contributed by atoms with Gasteiger partial charge >= 0.3 is 5.97 Å². The summed E-state index contributed by atoms with van der Waals surface area (Å²) in [6.07, 6.45) is 0. The fourth-order valence-electron chi connectivity index (χ4n) is 2.19. The second kappa shape index (κ2) is 6.10. The number of aromatic carboxylic acids is 1. The van der Waals surface area contributed by atoms with Crippen molar-refractivity contribution < 1.29 is 15.0 Å². The number of aromatic hydroxyl groups is 1. The van der Waals surface area contributed by atoms with Crippen molar-refractivity contribution in [1.29, 1.82) is 0 Å². The van der Waals surface area contributed by atoms with Gasteiger partial charge in [0, 0.05) is 16.1 Å². The highest BCUT2D eigenvalue weighted by Crippen LogP contribution is 2.32. The van der Waals surface area contributed by atoms with Gasteiger partial charge in [-0.25, -0.2) is 9.78 Å². The third-order valence-electron chi connectivity index (χ3n) is 3.30. The van der Waals surface area contributed by atoms with Gasteiger partial charge in [0.25, 0.3) is 0 Å². The Bertz CT molecular complexity index is 857. The zero-order chi connectivity index (χ0) is 16.4. The Balaban J connectivity index is 1.88. The van der Waals surface area contributed by atoms with Gasteiger partial charge in [-0.1, -0.05) is 6.07 Å². The number of phenolic OH excluding ortho intramolecular Hbond substituents is 1. The first-order valence-corrected chi connectivity index (χ1v) is 7.72. The Morgan fingerprint density at radius 2 is 1.91 bits per heavy atom. The lowest BCUT2D eigenvalue weighted by molar-refractivity contribution is 0.0697. The Kier molecular flexibility index (Phi) is 3.99. The zero-order valence-corrected chi connectivity index (χ0v) is 13.1. The van der Waals surface area contributed by atoms with E-state index in [-0.39, 0.29) is 11.3 Å². The van der Waals surface area contributed by atoms with Gasteiger partial charge in [-0.3, -0.25) is 0 Å². The summed E-state index contributed by atoms with van der Waals surface area (Å²) < 4.78 is 0. The number of phenols is 1. The van der Waals surface area contributed by atoms with Crippen LogP contribution in [0, 0.1) is 6.92 Å². The molecule has 116 valence electrons. The molecule has 0 atom stereocenters. The van der Waals surface area contributed by atoms with Crippen molar-refractivity contribution in [3.63, 3.8) is 0 Å². The van der Waals surface area contributed by atoms with Crippen molar-refractivity contribution in [2.24, 2.45) is 0 Å². The van der Waals surface area contributed by atoms with Crippen LogP contribution in [0.1, 0.15) is 15.2 Å². The Hall–Kier alpha value is -2.86. The molecule has 0 bridgehead atoms. The number of carbonyl (C=O) groups is 1. The molecule has 6 heteroatoms. The van der Waals surface area contributed by atoms with E-state index in [1.807, 2.05) is 19.1 Å². The summed E-state index contributed by atoms with van der Waals surface area (Å²) in [4.78, 5) is 16.6. The number of hydrogen-bond donors (Lipinski definition) is 3. The number of carboxylic acid groups (broad SMARTS) is 1. The number of hydrogen-bond acceptors (Lipinski definition) is 5. The SMILES string of the molecule is Cc1sc(Nc2cccc(C(=O)O)c2)nc1-c1ccc(O)cc1. The van der Waals surface area contributed by atoms with Crippen molar-refractivity contribution in [3.8, 4) is 17.0 Å². The van der Waals surface area contributed by atoms with E-state index >= 15 is 0 Å². The standard InChI is InChI=1S/C17H14N2O3S/c1-10-15(11-5-7-14(20)8-6-11)19-17(23-10)18-13-4-2-3-12(9-13)16(21)22/h2-9,20H,1H3,(H,18,19)(H,21,22). The average Bonchev–Trinajstić information content (AvgIpc) is 2.89. The molecule has 1 heterocycles. The number of benzene rings is 2. The summed E-state index contributed by atoms with van der Waals surface area (Å²) in [5.74, 6) is -0.751. The molecule has 1 aromatic heterocycles. The van der Waals surface area contributed by atoms with Gasteiger partial charge in [-0.15, -0.1) is 11.3 Å². The topological polar surface area (TPSA) is 82.5 Å². The second-order valence-electron chi connectivity index (χ2n) is 4.98. The molecule has 0 spiro atoms. The molecule has 0 aliphatic heterocycles. The second-order valence-corrected chi connectivity index (χ2v) is 6.18. The van der Waals surface area contributed by atoms with Crippen molar-refractivity contribution in [2.75, 3.05) is 5.32 Å². The first-order valence-electron chi connectivity index (χ1n) is 6.90. The van der Waals surface area contributed by atoms with Gasteiger partial charge in [0.1, 0.15) is 5.75 Å². The smallest absolute Gasteiger partial charge is 0.335 e. The van der Waals surface area contributed by atoms with E-state index in [0.717, 1.165) is 16.1 Å². The highest BCUT2D eigenvalue weighted by Gasteiger charge is 2.11. The van der Waals surface area contributed by atoms with Crippen LogP contribution in [0.2, 0.25) is 0 Å². The molecule has 0 unspecified atom stereocenters. The number of nitrogens with zero attached hydrogens (tertiary/aromatic N) is 1. The molecule has 0 amide bonds. The minimum atomic E-state index is -0.964. The summed E-state index contributed by atoms with van der Waals surface area (Å²) in [6, 6.07) is 13.5. The molecule has 0 saturated carbocycles. The average molecular weight is 326 g/mol. The van der Waals surface area contributed by atoms with Crippen LogP contribution < -0.4 is 5.32 Å². The van der Waals surface area contributed by atoms with E-state index in [1.165, 1.54) is 11.3 Å². The summed E-state index contributed by atoms with van der Waals surface area (Å²) >= 11 is 1.49. The van der Waals surface area contributed by atoms with E-state index < -0.39 is 5.97 Å². The van der Waals surface area contributed by atoms with Crippen LogP contribution in [0.25, 0.3) is 11.3 Å². The predicted octanol–water partition coefficient (Wildman–Crippen LogP) is 4.27. The predicted molar refractivity (Wildman–Crippen MR) is 90.6 cm³/mol. The van der Waals surface area contributed by atoms with Gasteiger partial charge in [0.2, 0.25) is 0 Å². The molecule has 0 radical (unpaired) electrons. The van der Waals surface area contributed by atoms with Gasteiger partial charge < -0.3 is 15.5 Å². The van der Waals surface area contributed by atoms with E-state index in [9.17, 15) is 9.90 Å². The Morgan fingerprint density at radius 3 is 2.61 bits per heavy atom. The maximum absolute atomic E-state index is 11.0. The number of aromatic nitrogens is 1. The molecular formula is C17H14N2O3S. The quantitative estimate of drug-likeness (QED) is 0.667. The third kappa shape index (κ3) is 3.32. The monoisotopic (exact) mass is 326 g/mol. The first kappa shape index (κ1) is 15.1. The van der Waals surface area contributed by atoms with Crippen LogP contribution in [0.4, 0.5) is 10.8 Å². The summed E-state index contributed by atoms with van der Waals surface area (Å²) in [7, 11) is 0. The lowest BCUT2D eigenvalue weighted by Crippen LogP contribution is -1.97. The first-order chi connectivity index (χ1) is 11.0. The number of anilines is 2. The molecule has 0 aliphatic carbocycles. The molecule has 3 rings (SSSR count). The molecule has 3 N–H and O–H groups in total. The minimum Gasteiger partial charge on any atom is -0.508 e. The third-order valence-corrected chi connectivity index (χ3v) is 4.18. The normalized spacial score (nSPS) is 10.5. The number of thiazole rings is 1. The Labute approximate surface area is 136 Å². The Morgan fingerprint density at radius 1 is 1.17 bits per heavy atom. The van der Waals surface area contributed by atoms with Crippen LogP contribution in [-0.4, -0.2) is 21.2 Å². The molecular weight excluding hydrogens is 312 g/mol. The van der Waals surface area contributed by atoms with Crippen molar-refractivity contribution in [1.82, 2.24) is 4.98 Å².